The Balaban J connectivity index is 2.28. The lowest BCUT2D eigenvalue weighted by atomic mass is 10.0. The molecule has 1 atom stereocenters. The lowest BCUT2D eigenvalue weighted by Crippen LogP contribution is -2.34. The summed E-state index contributed by atoms with van der Waals surface area (Å²) in [4.78, 5) is 12.1. The summed E-state index contributed by atoms with van der Waals surface area (Å²) in [5, 5.41) is 12.8. The molecule has 2 rings (SSSR count). The molecule has 2 N–H and O–H groups in total. The van der Waals surface area contributed by atoms with Crippen LogP contribution in [0.1, 0.15) is 16.8 Å². The summed E-state index contributed by atoms with van der Waals surface area (Å²) in [6.45, 7) is -0.0136. The predicted octanol–water partition coefficient (Wildman–Crippen LogP) is 1.59. The van der Waals surface area contributed by atoms with Gasteiger partial charge in [0.15, 0.2) is 5.78 Å². The minimum atomic E-state index is -0.354. The van der Waals surface area contributed by atoms with Gasteiger partial charge in [0.05, 0.1) is 12.3 Å². The number of ketones is 1. The quantitative estimate of drug-likeness (QED) is 0.770. The molecule has 90 valence electrons. The molecular formula is C13H15NO3. The Morgan fingerprint density at radius 2 is 2.29 bits per heavy atom. The van der Waals surface area contributed by atoms with Crippen molar-refractivity contribution in [2.75, 3.05) is 13.7 Å². The molecule has 4 heteroatoms. The highest BCUT2D eigenvalue weighted by Gasteiger charge is 2.18. The number of hydrogen-bond acceptors (Lipinski definition) is 4. The SMILES string of the molecule is CNC(CCO)C(=O)c1ccc2ccoc2c1. The summed E-state index contributed by atoms with van der Waals surface area (Å²) in [6, 6.07) is 6.87. The highest BCUT2D eigenvalue weighted by atomic mass is 16.3. The topological polar surface area (TPSA) is 62.5 Å². The Hall–Kier alpha value is -1.65. The first-order valence-electron chi connectivity index (χ1n) is 5.56. The monoisotopic (exact) mass is 233 g/mol. The van der Waals surface area contributed by atoms with E-state index in [0.717, 1.165) is 5.39 Å². The fourth-order valence-corrected chi connectivity index (χ4v) is 1.84. The number of carbonyl (C=O) groups is 1. The van der Waals surface area contributed by atoms with E-state index in [9.17, 15) is 4.79 Å². The van der Waals surface area contributed by atoms with Crippen molar-refractivity contribution >= 4 is 16.8 Å². The zero-order valence-corrected chi connectivity index (χ0v) is 9.64. The van der Waals surface area contributed by atoms with Crippen molar-refractivity contribution in [3.63, 3.8) is 0 Å². The van der Waals surface area contributed by atoms with Crippen LogP contribution in [0, 0.1) is 0 Å². The average Bonchev–Trinajstić information content (AvgIpc) is 2.82. The van der Waals surface area contributed by atoms with E-state index in [0.29, 0.717) is 17.6 Å². The first-order valence-corrected chi connectivity index (χ1v) is 5.56. The third kappa shape index (κ3) is 2.38. The molecule has 0 saturated heterocycles. The van der Waals surface area contributed by atoms with Crippen LogP contribution in [0.2, 0.25) is 0 Å². The second-order valence-corrected chi connectivity index (χ2v) is 3.89. The van der Waals surface area contributed by atoms with Crippen molar-refractivity contribution in [1.82, 2.24) is 5.32 Å². The first kappa shape index (κ1) is 11.8. The highest BCUT2D eigenvalue weighted by molar-refractivity contribution is 6.02. The Labute approximate surface area is 99.2 Å². The molecular weight excluding hydrogens is 218 g/mol. The van der Waals surface area contributed by atoms with Gasteiger partial charge in [-0.25, -0.2) is 0 Å². The van der Waals surface area contributed by atoms with E-state index in [1.54, 1.807) is 25.4 Å². The summed E-state index contributed by atoms with van der Waals surface area (Å²) in [5.41, 5.74) is 1.30. The van der Waals surface area contributed by atoms with Gasteiger partial charge in [-0.1, -0.05) is 12.1 Å². The van der Waals surface area contributed by atoms with Gasteiger partial charge in [0.2, 0.25) is 0 Å². The van der Waals surface area contributed by atoms with Crippen LogP contribution in [0.15, 0.2) is 34.9 Å². The van der Waals surface area contributed by atoms with Crippen LogP contribution in [0.5, 0.6) is 0 Å². The lowest BCUT2D eigenvalue weighted by Gasteiger charge is -2.13. The smallest absolute Gasteiger partial charge is 0.179 e. The number of aliphatic hydroxyl groups is 1. The number of rotatable bonds is 5. The van der Waals surface area contributed by atoms with Gasteiger partial charge < -0.3 is 14.8 Å². The number of likely N-dealkylation sites (N-methyl/N-ethyl adjacent to an activating group) is 1. The maximum atomic E-state index is 12.1. The van der Waals surface area contributed by atoms with Gasteiger partial charge >= 0.3 is 0 Å². The van der Waals surface area contributed by atoms with E-state index in [2.05, 4.69) is 5.32 Å². The van der Waals surface area contributed by atoms with Crippen LogP contribution < -0.4 is 5.32 Å². The minimum Gasteiger partial charge on any atom is -0.464 e. The Morgan fingerprint density at radius 1 is 1.47 bits per heavy atom. The number of hydrogen-bond donors (Lipinski definition) is 2. The second kappa shape index (κ2) is 5.12. The van der Waals surface area contributed by atoms with E-state index < -0.39 is 0 Å². The third-order valence-corrected chi connectivity index (χ3v) is 2.82. The number of nitrogens with one attached hydrogen (secondary N) is 1. The molecule has 17 heavy (non-hydrogen) atoms. The average molecular weight is 233 g/mol. The molecule has 1 aromatic carbocycles. The number of benzene rings is 1. The van der Waals surface area contributed by atoms with Crippen molar-refractivity contribution in [2.24, 2.45) is 0 Å². The van der Waals surface area contributed by atoms with Gasteiger partial charge in [0, 0.05) is 17.6 Å². The summed E-state index contributed by atoms with van der Waals surface area (Å²) < 4.78 is 5.26. The van der Waals surface area contributed by atoms with Crippen molar-refractivity contribution in [3.8, 4) is 0 Å². The molecule has 0 saturated carbocycles. The van der Waals surface area contributed by atoms with Crippen molar-refractivity contribution in [1.29, 1.82) is 0 Å². The number of carbonyl (C=O) groups excluding carboxylic acids is 1. The van der Waals surface area contributed by atoms with Crippen molar-refractivity contribution in [3.05, 3.63) is 36.1 Å². The number of fused-ring (bicyclic) bond motifs is 1. The van der Waals surface area contributed by atoms with Crippen LogP contribution in [0.3, 0.4) is 0 Å². The Kier molecular flexibility index (Phi) is 3.56. The Morgan fingerprint density at radius 3 is 3.00 bits per heavy atom. The maximum absolute atomic E-state index is 12.1. The number of Topliss-reactive ketones (excluding diaryl/α,β-unsaturated/α-hetero) is 1. The molecule has 0 aliphatic heterocycles. The van der Waals surface area contributed by atoms with E-state index in [4.69, 9.17) is 9.52 Å². The normalized spacial score (nSPS) is 12.8. The molecule has 0 aliphatic carbocycles. The third-order valence-electron chi connectivity index (χ3n) is 2.82. The Bertz CT molecular complexity index is 518. The van der Waals surface area contributed by atoms with E-state index in [1.165, 1.54) is 0 Å². The fraction of sp³-hybridized carbons (Fsp3) is 0.308. The van der Waals surface area contributed by atoms with Crippen molar-refractivity contribution in [2.45, 2.75) is 12.5 Å². The van der Waals surface area contributed by atoms with Gasteiger partial charge in [0.25, 0.3) is 0 Å². The molecule has 2 aromatic rings. The minimum absolute atomic E-state index is 0.0136. The lowest BCUT2D eigenvalue weighted by molar-refractivity contribution is 0.0929. The second-order valence-electron chi connectivity index (χ2n) is 3.89. The number of furan rings is 1. The molecule has 0 radical (unpaired) electrons. The zero-order valence-electron chi connectivity index (χ0n) is 9.64. The molecule has 4 nitrogen and oxygen atoms in total. The van der Waals surface area contributed by atoms with Gasteiger partial charge in [-0.05, 0) is 25.6 Å². The number of aliphatic hydroxyl groups excluding tert-OH is 1. The summed E-state index contributed by atoms with van der Waals surface area (Å²) in [7, 11) is 1.71. The van der Waals surface area contributed by atoms with Crippen LogP contribution in [0.4, 0.5) is 0 Å². The van der Waals surface area contributed by atoms with Crippen LogP contribution in [0.25, 0.3) is 11.0 Å². The molecule has 0 amide bonds. The molecule has 0 bridgehead atoms. The van der Waals surface area contributed by atoms with E-state index in [-0.39, 0.29) is 18.4 Å². The molecule has 0 fully saturated rings. The van der Waals surface area contributed by atoms with Gasteiger partial charge in [0.1, 0.15) is 5.58 Å². The molecule has 1 heterocycles. The first-order chi connectivity index (χ1) is 8.26. The standard InChI is InChI=1S/C13H15NO3/c1-14-11(4-6-15)13(16)10-3-2-9-5-7-17-12(9)8-10/h2-3,5,7-8,11,14-15H,4,6H2,1H3. The van der Waals surface area contributed by atoms with Crippen LogP contribution >= 0.6 is 0 Å². The van der Waals surface area contributed by atoms with E-state index >= 15 is 0 Å². The van der Waals surface area contributed by atoms with Gasteiger partial charge in [-0.2, -0.15) is 0 Å². The molecule has 1 unspecified atom stereocenters. The van der Waals surface area contributed by atoms with Crippen LogP contribution in [-0.4, -0.2) is 30.6 Å². The summed E-state index contributed by atoms with van der Waals surface area (Å²) in [5.74, 6) is -0.0279. The van der Waals surface area contributed by atoms with Gasteiger partial charge in [-0.3, -0.25) is 4.79 Å². The van der Waals surface area contributed by atoms with Crippen LogP contribution in [-0.2, 0) is 0 Å². The molecule has 1 aromatic heterocycles. The van der Waals surface area contributed by atoms with Crippen molar-refractivity contribution < 1.29 is 14.3 Å². The zero-order chi connectivity index (χ0) is 12.3. The summed E-state index contributed by atoms with van der Waals surface area (Å²) >= 11 is 0. The fourth-order valence-electron chi connectivity index (χ4n) is 1.84. The molecule has 0 aliphatic rings. The molecule has 0 spiro atoms. The summed E-state index contributed by atoms with van der Waals surface area (Å²) in [6.07, 6.45) is 2.01. The predicted molar refractivity (Wildman–Crippen MR) is 65.1 cm³/mol. The van der Waals surface area contributed by atoms with Gasteiger partial charge in [-0.15, -0.1) is 0 Å². The van der Waals surface area contributed by atoms with E-state index in [1.807, 2.05) is 12.1 Å². The maximum Gasteiger partial charge on any atom is 0.179 e. The highest BCUT2D eigenvalue weighted by Crippen LogP contribution is 2.18. The largest absolute Gasteiger partial charge is 0.464 e.